The molecule has 1 aliphatic carbocycles. The summed E-state index contributed by atoms with van der Waals surface area (Å²) in [6, 6.07) is 12.0. The van der Waals surface area contributed by atoms with E-state index in [1.54, 1.807) is 49.4 Å². The fraction of sp³-hybridized carbons (Fsp3) is 0.263. The average molecular weight is 393 g/mol. The molecule has 2 aromatic carbocycles. The number of rotatable bonds is 6. The molecule has 26 heavy (non-hydrogen) atoms. The molecule has 1 saturated carbocycles. The van der Waals surface area contributed by atoms with Gasteiger partial charge in [0.1, 0.15) is 10.8 Å². The second-order valence-corrected chi connectivity index (χ2v) is 6.93. The van der Waals surface area contributed by atoms with Crippen LogP contribution in [0, 0.1) is 5.92 Å². The van der Waals surface area contributed by atoms with E-state index in [-0.39, 0.29) is 22.8 Å². The maximum absolute atomic E-state index is 12.4. The summed E-state index contributed by atoms with van der Waals surface area (Å²) in [5.74, 6) is 0.129. The van der Waals surface area contributed by atoms with E-state index in [2.05, 4.69) is 10.6 Å². The third-order valence-corrected chi connectivity index (χ3v) is 4.74. The number of hydrogen-bond donors (Lipinski definition) is 2. The highest BCUT2D eigenvalue weighted by molar-refractivity contribution is 6.42. The van der Waals surface area contributed by atoms with Crippen LogP contribution in [0.4, 0.5) is 11.4 Å². The molecule has 136 valence electrons. The topological polar surface area (TPSA) is 67.4 Å². The molecule has 2 amide bonds. The largest absolute Gasteiger partial charge is 0.479 e. The molecule has 3 rings (SSSR count). The predicted octanol–water partition coefficient (Wildman–Crippen LogP) is 4.75. The van der Waals surface area contributed by atoms with E-state index in [0.717, 1.165) is 12.8 Å². The number of nitrogens with one attached hydrogen (secondary N) is 2. The van der Waals surface area contributed by atoms with Gasteiger partial charge in [0.25, 0.3) is 5.91 Å². The van der Waals surface area contributed by atoms with Crippen LogP contribution in [0.1, 0.15) is 19.8 Å². The summed E-state index contributed by atoms with van der Waals surface area (Å²) in [6.07, 6.45) is 1.09. The van der Waals surface area contributed by atoms with E-state index < -0.39 is 6.10 Å². The van der Waals surface area contributed by atoms with Gasteiger partial charge >= 0.3 is 0 Å². The maximum Gasteiger partial charge on any atom is 0.265 e. The van der Waals surface area contributed by atoms with Gasteiger partial charge in [0.05, 0.1) is 5.02 Å². The summed E-state index contributed by atoms with van der Waals surface area (Å²) in [5, 5.41) is 6.23. The van der Waals surface area contributed by atoms with Crippen LogP contribution in [-0.4, -0.2) is 17.9 Å². The number of carbonyl (C=O) groups is 2. The average Bonchev–Trinajstić information content (AvgIpc) is 3.44. The Morgan fingerprint density at radius 1 is 1.08 bits per heavy atom. The number of carbonyl (C=O) groups excluding carboxylic acids is 2. The first kappa shape index (κ1) is 18.5. The van der Waals surface area contributed by atoms with Gasteiger partial charge in [-0.3, -0.25) is 9.59 Å². The van der Waals surface area contributed by atoms with Crippen molar-refractivity contribution in [3.05, 3.63) is 52.5 Å². The molecule has 5 nitrogen and oxygen atoms in total. The van der Waals surface area contributed by atoms with Crippen molar-refractivity contribution in [2.45, 2.75) is 25.9 Å². The second-order valence-electron chi connectivity index (χ2n) is 6.15. The Kier molecular flexibility index (Phi) is 5.69. The summed E-state index contributed by atoms with van der Waals surface area (Å²) < 4.78 is 5.60. The minimum Gasteiger partial charge on any atom is -0.479 e. The van der Waals surface area contributed by atoms with Crippen molar-refractivity contribution >= 4 is 46.4 Å². The lowest BCUT2D eigenvalue weighted by Gasteiger charge is -2.16. The first-order chi connectivity index (χ1) is 12.4. The molecule has 1 aliphatic rings. The second kappa shape index (κ2) is 7.98. The van der Waals surface area contributed by atoms with Crippen LogP contribution < -0.4 is 15.4 Å². The maximum atomic E-state index is 12.4. The van der Waals surface area contributed by atoms with Gasteiger partial charge in [0.2, 0.25) is 5.91 Å². The Balaban J connectivity index is 1.61. The fourth-order valence-electron chi connectivity index (χ4n) is 2.33. The highest BCUT2D eigenvalue weighted by Crippen LogP contribution is 2.32. The van der Waals surface area contributed by atoms with E-state index in [1.807, 2.05) is 0 Å². The summed E-state index contributed by atoms with van der Waals surface area (Å²) in [5.41, 5.74) is 1.21. The van der Waals surface area contributed by atoms with Crippen molar-refractivity contribution in [2.75, 3.05) is 10.6 Å². The predicted molar refractivity (Wildman–Crippen MR) is 103 cm³/mol. The SMILES string of the molecule is CC(Oc1cccc(Cl)c1Cl)C(=O)Nc1cccc(NC(=O)C2CC2)c1. The number of hydrogen-bond acceptors (Lipinski definition) is 3. The van der Waals surface area contributed by atoms with Crippen molar-refractivity contribution in [2.24, 2.45) is 5.92 Å². The quantitative estimate of drug-likeness (QED) is 0.745. The zero-order chi connectivity index (χ0) is 18.7. The van der Waals surface area contributed by atoms with Gasteiger partial charge in [-0.2, -0.15) is 0 Å². The van der Waals surface area contributed by atoms with Crippen LogP contribution in [-0.2, 0) is 9.59 Å². The van der Waals surface area contributed by atoms with Crippen molar-refractivity contribution in [1.29, 1.82) is 0 Å². The minimum absolute atomic E-state index is 0.0146. The standard InChI is InChI=1S/C19H18Cl2N2O3/c1-11(26-16-7-3-6-15(20)17(16)21)18(24)22-13-4-2-5-14(10-13)23-19(25)12-8-9-12/h2-7,10-12H,8-9H2,1H3,(H,22,24)(H,23,25). The van der Waals surface area contributed by atoms with Gasteiger partial charge in [0, 0.05) is 17.3 Å². The van der Waals surface area contributed by atoms with Gasteiger partial charge in [-0.25, -0.2) is 0 Å². The number of amides is 2. The van der Waals surface area contributed by atoms with Crippen molar-refractivity contribution < 1.29 is 14.3 Å². The molecule has 0 aromatic heterocycles. The van der Waals surface area contributed by atoms with Gasteiger partial charge in [0.15, 0.2) is 6.10 Å². The third-order valence-electron chi connectivity index (χ3n) is 3.93. The Hall–Kier alpha value is -2.24. The lowest BCUT2D eigenvalue weighted by Crippen LogP contribution is -2.30. The minimum atomic E-state index is -0.782. The molecule has 1 unspecified atom stereocenters. The molecule has 0 spiro atoms. The monoisotopic (exact) mass is 392 g/mol. The van der Waals surface area contributed by atoms with E-state index >= 15 is 0 Å². The number of anilines is 2. The molecule has 0 saturated heterocycles. The molecule has 2 aromatic rings. The van der Waals surface area contributed by atoms with Crippen LogP contribution in [0.2, 0.25) is 10.0 Å². The lowest BCUT2D eigenvalue weighted by atomic mass is 10.2. The van der Waals surface area contributed by atoms with Gasteiger partial charge in [-0.15, -0.1) is 0 Å². The summed E-state index contributed by atoms with van der Waals surface area (Å²) in [4.78, 5) is 24.2. The third kappa shape index (κ3) is 4.68. The molecular formula is C19H18Cl2N2O3. The van der Waals surface area contributed by atoms with Gasteiger partial charge < -0.3 is 15.4 Å². The van der Waals surface area contributed by atoms with Crippen LogP contribution in [0.5, 0.6) is 5.75 Å². The Morgan fingerprint density at radius 2 is 1.73 bits per heavy atom. The molecule has 0 heterocycles. The van der Waals surface area contributed by atoms with Crippen LogP contribution in [0.25, 0.3) is 0 Å². The summed E-state index contributed by atoms with van der Waals surface area (Å²) in [6.45, 7) is 1.62. The van der Waals surface area contributed by atoms with Gasteiger partial charge in [-0.1, -0.05) is 35.3 Å². The van der Waals surface area contributed by atoms with E-state index in [1.165, 1.54) is 0 Å². The van der Waals surface area contributed by atoms with Crippen LogP contribution in [0.3, 0.4) is 0 Å². The van der Waals surface area contributed by atoms with E-state index in [4.69, 9.17) is 27.9 Å². The van der Waals surface area contributed by atoms with Crippen molar-refractivity contribution in [3.63, 3.8) is 0 Å². The summed E-state index contributed by atoms with van der Waals surface area (Å²) in [7, 11) is 0. The van der Waals surface area contributed by atoms with Gasteiger partial charge in [-0.05, 0) is 50.1 Å². The highest BCUT2D eigenvalue weighted by Gasteiger charge is 2.29. The highest BCUT2D eigenvalue weighted by atomic mass is 35.5. The number of ether oxygens (including phenoxy) is 1. The summed E-state index contributed by atoms with van der Waals surface area (Å²) >= 11 is 12.0. The first-order valence-electron chi connectivity index (χ1n) is 8.26. The number of halogens is 2. The smallest absolute Gasteiger partial charge is 0.265 e. The van der Waals surface area contributed by atoms with Crippen LogP contribution in [0.15, 0.2) is 42.5 Å². The lowest BCUT2D eigenvalue weighted by molar-refractivity contribution is -0.122. The van der Waals surface area contributed by atoms with E-state index in [9.17, 15) is 9.59 Å². The fourth-order valence-corrected chi connectivity index (χ4v) is 2.66. The normalized spacial score (nSPS) is 14.4. The Bertz CT molecular complexity index is 837. The molecule has 7 heteroatoms. The molecule has 0 bridgehead atoms. The van der Waals surface area contributed by atoms with Crippen LogP contribution >= 0.6 is 23.2 Å². The Morgan fingerprint density at radius 3 is 2.42 bits per heavy atom. The zero-order valence-electron chi connectivity index (χ0n) is 14.1. The molecule has 2 N–H and O–H groups in total. The molecular weight excluding hydrogens is 375 g/mol. The zero-order valence-corrected chi connectivity index (χ0v) is 15.6. The van der Waals surface area contributed by atoms with Crippen molar-refractivity contribution in [3.8, 4) is 5.75 Å². The van der Waals surface area contributed by atoms with E-state index in [0.29, 0.717) is 22.1 Å². The molecule has 0 radical (unpaired) electrons. The number of benzene rings is 2. The Labute approximate surface area is 161 Å². The molecule has 1 fully saturated rings. The van der Waals surface area contributed by atoms with Crippen molar-refractivity contribution in [1.82, 2.24) is 0 Å². The first-order valence-corrected chi connectivity index (χ1v) is 9.02. The molecule has 1 atom stereocenters. The molecule has 0 aliphatic heterocycles.